The van der Waals surface area contributed by atoms with Gasteiger partial charge in [0.25, 0.3) is 15.9 Å². The van der Waals surface area contributed by atoms with E-state index in [0.29, 0.717) is 34.2 Å². The van der Waals surface area contributed by atoms with E-state index in [1.165, 1.54) is 40.5 Å². The molecule has 32 heavy (non-hydrogen) atoms. The number of rotatable bonds is 8. The summed E-state index contributed by atoms with van der Waals surface area (Å²) in [6.07, 6.45) is 0. The number of benzene rings is 3. The van der Waals surface area contributed by atoms with Crippen LogP contribution in [0.15, 0.2) is 71.6 Å². The number of sulfonamides is 1. The molecule has 0 saturated heterocycles. The Morgan fingerprint density at radius 2 is 1.41 bits per heavy atom. The van der Waals surface area contributed by atoms with E-state index in [4.69, 9.17) is 14.2 Å². The van der Waals surface area contributed by atoms with Crippen molar-refractivity contribution in [3.63, 3.8) is 0 Å². The Balaban J connectivity index is 1.79. The highest BCUT2D eigenvalue weighted by molar-refractivity contribution is 7.92. The second kappa shape index (κ2) is 9.61. The van der Waals surface area contributed by atoms with E-state index in [9.17, 15) is 13.2 Å². The molecule has 0 saturated carbocycles. The maximum absolute atomic E-state index is 12.9. The van der Waals surface area contributed by atoms with E-state index in [1.807, 2.05) is 0 Å². The molecular formula is C23H24N2O6S. The molecule has 0 atom stereocenters. The molecule has 3 rings (SSSR count). The van der Waals surface area contributed by atoms with Gasteiger partial charge in [-0.05, 0) is 60.7 Å². The summed E-state index contributed by atoms with van der Waals surface area (Å²) < 4.78 is 42.5. The van der Waals surface area contributed by atoms with Crippen molar-refractivity contribution in [1.82, 2.24) is 0 Å². The molecule has 9 heteroatoms. The van der Waals surface area contributed by atoms with Gasteiger partial charge in [-0.2, -0.15) is 0 Å². The summed E-state index contributed by atoms with van der Waals surface area (Å²) in [5.41, 5.74) is 1.23. The van der Waals surface area contributed by atoms with E-state index in [2.05, 4.69) is 5.32 Å². The van der Waals surface area contributed by atoms with Crippen LogP contribution in [0.3, 0.4) is 0 Å². The van der Waals surface area contributed by atoms with Gasteiger partial charge in [0.15, 0.2) is 0 Å². The third-order valence-electron chi connectivity index (χ3n) is 4.87. The van der Waals surface area contributed by atoms with Crippen molar-refractivity contribution >= 4 is 27.3 Å². The number of hydrogen-bond donors (Lipinski definition) is 1. The van der Waals surface area contributed by atoms with Crippen molar-refractivity contribution in [2.24, 2.45) is 0 Å². The molecule has 8 nitrogen and oxygen atoms in total. The van der Waals surface area contributed by atoms with Crippen LogP contribution in [0.1, 0.15) is 10.4 Å². The molecule has 0 fully saturated rings. The average molecular weight is 457 g/mol. The number of anilines is 2. The summed E-state index contributed by atoms with van der Waals surface area (Å²) in [4.78, 5) is 12.8. The molecule has 0 spiro atoms. The van der Waals surface area contributed by atoms with Crippen molar-refractivity contribution < 1.29 is 27.4 Å². The quantitative estimate of drug-likeness (QED) is 0.554. The maximum atomic E-state index is 12.9. The van der Waals surface area contributed by atoms with Gasteiger partial charge < -0.3 is 19.5 Å². The van der Waals surface area contributed by atoms with Crippen LogP contribution in [-0.2, 0) is 10.0 Å². The Bertz CT molecular complexity index is 1190. The lowest BCUT2D eigenvalue weighted by molar-refractivity contribution is 0.102. The van der Waals surface area contributed by atoms with Gasteiger partial charge in [0.05, 0.1) is 37.6 Å². The Labute approximate surface area is 187 Å². The monoisotopic (exact) mass is 456 g/mol. The van der Waals surface area contributed by atoms with Gasteiger partial charge in [0.2, 0.25) is 0 Å². The molecule has 0 aromatic heterocycles. The van der Waals surface area contributed by atoms with Crippen molar-refractivity contribution in [2.75, 3.05) is 38.0 Å². The predicted molar refractivity (Wildman–Crippen MR) is 123 cm³/mol. The van der Waals surface area contributed by atoms with Gasteiger partial charge in [-0.1, -0.05) is 0 Å². The first-order valence-corrected chi connectivity index (χ1v) is 11.0. The van der Waals surface area contributed by atoms with Gasteiger partial charge in [-0.3, -0.25) is 9.10 Å². The molecule has 0 aliphatic carbocycles. The number of hydrogen-bond acceptors (Lipinski definition) is 6. The number of nitrogens with one attached hydrogen (secondary N) is 1. The largest absolute Gasteiger partial charge is 0.497 e. The lowest BCUT2D eigenvalue weighted by Crippen LogP contribution is -2.26. The molecule has 168 valence electrons. The van der Waals surface area contributed by atoms with Crippen LogP contribution >= 0.6 is 0 Å². The van der Waals surface area contributed by atoms with Crippen LogP contribution in [0.25, 0.3) is 0 Å². The average Bonchev–Trinajstić information content (AvgIpc) is 2.83. The zero-order chi connectivity index (χ0) is 23.3. The molecule has 1 amide bonds. The molecule has 0 unspecified atom stereocenters. The molecular weight excluding hydrogens is 432 g/mol. The van der Waals surface area contributed by atoms with E-state index < -0.39 is 10.0 Å². The fourth-order valence-electron chi connectivity index (χ4n) is 2.97. The highest BCUT2D eigenvalue weighted by atomic mass is 32.2. The molecule has 0 heterocycles. The number of nitrogens with zero attached hydrogens (tertiary/aromatic N) is 1. The van der Waals surface area contributed by atoms with E-state index in [1.54, 1.807) is 54.6 Å². The Hall–Kier alpha value is -3.72. The first-order valence-electron chi connectivity index (χ1n) is 9.56. The van der Waals surface area contributed by atoms with Crippen LogP contribution in [0.4, 0.5) is 11.4 Å². The second-order valence-electron chi connectivity index (χ2n) is 6.72. The lowest BCUT2D eigenvalue weighted by atomic mass is 10.2. The highest BCUT2D eigenvalue weighted by Crippen LogP contribution is 2.30. The topological polar surface area (TPSA) is 94.2 Å². The number of carbonyl (C=O) groups excluding carboxylic acids is 1. The number of carbonyl (C=O) groups is 1. The Morgan fingerprint density at radius 3 is 1.97 bits per heavy atom. The van der Waals surface area contributed by atoms with Gasteiger partial charge in [0.1, 0.15) is 17.2 Å². The van der Waals surface area contributed by atoms with E-state index in [-0.39, 0.29) is 10.8 Å². The van der Waals surface area contributed by atoms with Crippen LogP contribution in [0.5, 0.6) is 17.2 Å². The molecule has 3 aromatic rings. The summed E-state index contributed by atoms with van der Waals surface area (Å²) in [6.45, 7) is 0. The van der Waals surface area contributed by atoms with Gasteiger partial charge >= 0.3 is 0 Å². The highest BCUT2D eigenvalue weighted by Gasteiger charge is 2.21. The summed E-state index contributed by atoms with van der Waals surface area (Å²) in [7, 11) is 2.23. The molecule has 0 bridgehead atoms. The Morgan fingerprint density at radius 1 is 0.812 bits per heavy atom. The fraction of sp³-hybridized carbons (Fsp3) is 0.174. The third-order valence-corrected chi connectivity index (χ3v) is 6.67. The van der Waals surface area contributed by atoms with Crippen molar-refractivity contribution in [2.45, 2.75) is 4.90 Å². The van der Waals surface area contributed by atoms with Crippen molar-refractivity contribution in [3.8, 4) is 17.2 Å². The van der Waals surface area contributed by atoms with Gasteiger partial charge in [0, 0.05) is 18.7 Å². The lowest BCUT2D eigenvalue weighted by Gasteiger charge is -2.20. The number of amides is 1. The first kappa shape index (κ1) is 23.0. The normalized spacial score (nSPS) is 10.9. The minimum Gasteiger partial charge on any atom is -0.497 e. The molecule has 3 aromatic carbocycles. The number of methoxy groups -OCH3 is 3. The van der Waals surface area contributed by atoms with Crippen LogP contribution < -0.4 is 23.8 Å². The summed E-state index contributed by atoms with van der Waals surface area (Å²) in [6, 6.07) is 17.4. The zero-order valence-electron chi connectivity index (χ0n) is 18.2. The van der Waals surface area contributed by atoms with Gasteiger partial charge in [-0.15, -0.1) is 0 Å². The SMILES string of the molecule is COc1ccc(S(=O)(=O)N(C)c2ccc(C(=O)Nc3cc(OC)ccc3OC)cc2)cc1. The smallest absolute Gasteiger partial charge is 0.264 e. The standard InChI is InChI=1S/C23H24N2O6S/c1-25(32(27,28)20-12-9-18(29-2)10-13-20)17-7-5-16(6-8-17)23(26)24-21-15-19(30-3)11-14-22(21)31-4/h5-15H,1-4H3,(H,24,26). The maximum Gasteiger partial charge on any atom is 0.264 e. The fourth-order valence-corrected chi connectivity index (χ4v) is 4.17. The van der Waals surface area contributed by atoms with Crippen LogP contribution in [0, 0.1) is 0 Å². The Kier molecular flexibility index (Phi) is 6.89. The molecule has 1 N–H and O–H groups in total. The summed E-state index contributed by atoms with van der Waals surface area (Å²) >= 11 is 0. The molecule has 0 aliphatic heterocycles. The minimum absolute atomic E-state index is 0.132. The van der Waals surface area contributed by atoms with Crippen molar-refractivity contribution in [1.29, 1.82) is 0 Å². The van der Waals surface area contributed by atoms with Crippen LogP contribution in [-0.4, -0.2) is 42.7 Å². The van der Waals surface area contributed by atoms with Crippen molar-refractivity contribution in [3.05, 3.63) is 72.3 Å². The minimum atomic E-state index is -3.77. The summed E-state index contributed by atoms with van der Waals surface area (Å²) in [5, 5.41) is 2.78. The first-order chi connectivity index (χ1) is 15.3. The zero-order valence-corrected chi connectivity index (χ0v) is 19.0. The van der Waals surface area contributed by atoms with E-state index >= 15 is 0 Å². The molecule has 0 aliphatic rings. The predicted octanol–water partition coefficient (Wildman–Crippen LogP) is 3.79. The van der Waals surface area contributed by atoms with E-state index in [0.717, 1.165) is 4.31 Å². The van der Waals surface area contributed by atoms with Gasteiger partial charge in [-0.25, -0.2) is 8.42 Å². The third kappa shape index (κ3) is 4.78. The second-order valence-corrected chi connectivity index (χ2v) is 8.68. The number of ether oxygens (including phenoxy) is 3. The van der Waals surface area contributed by atoms with Crippen LogP contribution in [0.2, 0.25) is 0 Å². The summed E-state index contributed by atoms with van der Waals surface area (Å²) in [5.74, 6) is 1.25. The molecule has 0 radical (unpaired) electrons.